The molecule has 0 aliphatic rings. The second kappa shape index (κ2) is 4.83. The Bertz CT molecular complexity index is 236. The van der Waals surface area contributed by atoms with Crippen molar-refractivity contribution in [3.63, 3.8) is 0 Å². The maximum absolute atomic E-state index is 10.4. The Morgan fingerprint density at radius 2 is 2.25 bits per heavy atom. The van der Waals surface area contributed by atoms with Crippen molar-refractivity contribution >= 4 is 18.0 Å². The van der Waals surface area contributed by atoms with Crippen LogP contribution in [0.15, 0.2) is 24.3 Å². The van der Waals surface area contributed by atoms with Gasteiger partial charge in [-0.25, -0.2) is 0 Å². The minimum atomic E-state index is -0.410. The Kier molecular flexibility index (Phi) is 3.67. The lowest BCUT2D eigenvalue weighted by atomic mass is 10.3. The van der Waals surface area contributed by atoms with Gasteiger partial charge in [0.15, 0.2) is 11.7 Å². The first-order chi connectivity index (χ1) is 5.86. The van der Waals surface area contributed by atoms with Crippen LogP contribution in [0.2, 0.25) is 0 Å². The molecule has 0 aliphatic carbocycles. The van der Waals surface area contributed by atoms with Gasteiger partial charge in [-0.2, -0.15) is 0 Å². The Morgan fingerprint density at radius 3 is 2.75 bits per heavy atom. The summed E-state index contributed by atoms with van der Waals surface area (Å²) in [6.45, 7) is 0. The summed E-state index contributed by atoms with van der Waals surface area (Å²) in [5, 5.41) is 0. The van der Waals surface area contributed by atoms with E-state index in [9.17, 15) is 4.79 Å². The topological polar surface area (TPSA) is 26.3 Å². The van der Waals surface area contributed by atoms with E-state index in [0.29, 0.717) is 5.75 Å². The quantitative estimate of drug-likeness (QED) is 0.523. The molecule has 12 heavy (non-hydrogen) atoms. The Hall–Kier alpha value is -0.960. The normalized spacial score (nSPS) is 12.1. The number of benzene rings is 1. The van der Waals surface area contributed by atoms with E-state index in [2.05, 4.69) is 6.07 Å². The van der Waals surface area contributed by atoms with Crippen molar-refractivity contribution in [1.29, 1.82) is 0 Å². The zero-order chi connectivity index (χ0) is 8.81. The van der Waals surface area contributed by atoms with Crippen molar-refractivity contribution in [2.75, 3.05) is 6.26 Å². The number of thioether (sulfide) groups is 1. The lowest BCUT2D eigenvalue weighted by Crippen LogP contribution is -2.12. The third-order valence-electron chi connectivity index (χ3n) is 1.28. The highest BCUT2D eigenvalue weighted by atomic mass is 32.2. The van der Waals surface area contributed by atoms with Crippen LogP contribution in [-0.2, 0) is 4.79 Å². The smallest absolute Gasteiger partial charge is 0.199 e. The summed E-state index contributed by atoms with van der Waals surface area (Å²) in [4.78, 5) is 10.4. The van der Waals surface area contributed by atoms with Crippen LogP contribution >= 0.6 is 11.8 Å². The van der Waals surface area contributed by atoms with Gasteiger partial charge >= 0.3 is 0 Å². The molecule has 0 aliphatic heterocycles. The van der Waals surface area contributed by atoms with Crippen molar-refractivity contribution in [3.05, 3.63) is 30.3 Å². The molecular formula is C9H9O2S. The summed E-state index contributed by atoms with van der Waals surface area (Å²) in [5.74, 6) is 0.695. The second-order valence-corrected chi connectivity index (χ2v) is 3.03. The summed E-state index contributed by atoms with van der Waals surface area (Å²) in [6, 6.07) is 9.90. The largest absolute Gasteiger partial charge is 0.472 e. The minimum absolute atomic E-state index is 0.410. The van der Waals surface area contributed by atoms with Crippen LogP contribution in [0.4, 0.5) is 0 Å². The van der Waals surface area contributed by atoms with Crippen LogP contribution in [0.1, 0.15) is 0 Å². The van der Waals surface area contributed by atoms with Crippen LogP contribution in [0.5, 0.6) is 5.75 Å². The molecule has 0 N–H and O–H groups in total. The number of rotatable bonds is 4. The predicted octanol–water partition coefficient (Wildman–Crippen LogP) is 1.75. The molecule has 0 spiro atoms. The molecule has 0 saturated carbocycles. The highest BCUT2D eigenvalue weighted by molar-refractivity contribution is 7.99. The van der Waals surface area contributed by atoms with Crippen molar-refractivity contribution < 1.29 is 9.53 Å². The van der Waals surface area contributed by atoms with Crippen LogP contribution < -0.4 is 4.74 Å². The Morgan fingerprint density at radius 1 is 1.58 bits per heavy atom. The average molecular weight is 181 g/mol. The van der Waals surface area contributed by atoms with Crippen molar-refractivity contribution in [3.8, 4) is 5.75 Å². The van der Waals surface area contributed by atoms with Crippen molar-refractivity contribution in [2.45, 2.75) is 5.44 Å². The second-order valence-electron chi connectivity index (χ2n) is 2.09. The maximum atomic E-state index is 10.4. The van der Waals surface area contributed by atoms with Gasteiger partial charge in [-0.3, -0.25) is 4.79 Å². The van der Waals surface area contributed by atoms with Gasteiger partial charge in [0.1, 0.15) is 5.75 Å². The molecule has 2 nitrogen and oxygen atoms in total. The molecule has 0 heterocycles. The van der Waals surface area contributed by atoms with Gasteiger partial charge in [0.25, 0.3) is 0 Å². The molecule has 0 saturated heterocycles. The van der Waals surface area contributed by atoms with E-state index in [1.807, 2.05) is 6.26 Å². The third kappa shape index (κ3) is 2.58. The lowest BCUT2D eigenvalue weighted by molar-refractivity contribution is -0.110. The van der Waals surface area contributed by atoms with Crippen LogP contribution in [0.3, 0.4) is 0 Å². The SMILES string of the molecule is CSC(C=O)Oc1cc[c]cc1. The predicted molar refractivity (Wildman–Crippen MR) is 49.3 cm³/mol. The number of carbonyl (C=O) groups excluding carboxylic acids is 1. The average Bonchev–Trinajstić information content (AvgIpc) is 2.16. The summed E-state index contributed by atoms with van der Waals surface area (Å²) < 4.78 is 5.29. The first kappa shape index (κ1) is 9.13. The molecule has 0 aromatic heterocycles. The molecule has 3 heteroatoms. The zero-order valence-corrected chi connectivity index (χ0v) is 7.51. The van der Waals surface area contributed by atoms with E-state index in [-0.39, 0.29) is 0 Å². The number of carbonyl (C=O) groups is 1. The molecule has 1 atom stereocenters. The minimum Gasteiger partial charge on any atom is -0.472 e. The van der Waals surface area contributed by atoms with E-state index in [1.165, 1.54) is 11.8 Å². The van der Waals surface area contributed by atoms with Gasteiger partial charge in [-0.1, -0.05) is 12.1 Å². The molecule has 63 valence electrons. The van der Waals surface area contributed by atoms with Crippen molar-refractivity contribution in [1.82, 2.24) is 0 Å². The first-order valence-electron chi connectivity index (χ1n) is 3.47. The summed E-state index contributed by atoms with van der Waals surface area (Å²) in [6.07, 6.45) is 2.61. The fraction of sp³-hybridized carbons (Fsp3) is 0.222. The van der Waals surface area contributed by atoms with Gasteiger partial charge in [0.05, 0.1) is 0 Å². The number of hydrogen-bond donors (Lipinski definition) is 0. The highest BCUT2D eigenvalue weighted by Crippen LogP contribution is 2.14. The maximum Gasteiger partial charge on any atom is 0.199 e. The van der Waals surface area contributed by atoms with Gasteiger partial charge < -0.3 is 4.74 Å². The zero-order valence-electron chi connectivity index (χ0n) is 6.69. The molecule has 1 aromatic rings. The fourth-order valence-corrected chi connectivity index (χ4v) is 1.03. The van der Waals surface area contributed by atoms with Crippen molar-refractivity contribution in [2.24, 2.45) is 0 Å². The fourth-order valence-electron chi connectivity index (χ4n) is 0.716. The number of ether oxygens (including phenoxy) is 1. The van der Waals surface area contributed by atoms with Crippen LogP contribution in [-0.4, -0.2) is 18.0 Å². The summed E-state index contributed by atoms with van der Waals surface area (Å²) in [5.41, 5.74) is -0.410. The standard InChI is InChI=1S/C9H9O2S/c1-12-9(7-10)11-8-5-3-2-4-6-8/h3-7,9H,1H3. The molecule has 1 unspecified atom stereocenters. The van der Waals surface area contributed by atoms with E-state index in [1.54, 1.807) is 24.3 Å². The first-order valence-corrected chi connectivity index (χ1v) is 4.76. The molecule has 1 aromatic carbocycles. The monoisotopic (exact) mass is 181 g/mol. The van der Waals surface area contributed by atoms with E-state index >= 15 is 0 Å². The molecule has 0 fully saturated rings. The van der Waals surface area contributed by atoms with Gasteiger partial charge in [0, 0.05) is 0 Å². The van der Waals surface area contributed by atoms with E-state index in [4.69, 9.17) is 4.74 Å². The van der Waals surface area contributed by atoms with Gasteiger partial charge in [0.2, 0.25) is 0 Å². The molecular weight excluding hydrogens is 172 g/mol. The van der Waals surface area contributed by atoms with Gasteiger partial charge in [-0.05, 0) is 24.5 Å². The molecule has 0 bridgehead atoms. The van der Waals surface area contributed by atoms with Crippen LogP contribution in [0, 0.1) is 6.07 Å². The number of hydrogen-bond acceptors (Lipinski definition) is 3. The summed E-state index contributed by atoms with van der Waals surface area (Å²) in [7, 11) is 0. The van der Waals surface area contributed by atoms with Crippen LogP contribution in [0.25, 0.3) is 0 Å². The number of aldehydes is 1. The van der Waals surface area contributed by atoms with Gasteiger partial charge in [-0.15, -0.1) is 11.8 Å². The van der Waals surface area contributed by atoms with E-state index < -0.39 is 5.44 Å². The molecule has 1 rings (SSSR count). The lowest BCUT2D eigenvalue weighted by Gasteiger charge is -2.09. The molecule has 1 radical (unpaired) electrons. The van der Waals surface area contributed by atoms with E-state index in [0.717, 1.165) is 6.29 Å². The highest BCUT2D eigenvalue weighted by Gasteiger charge is 2.04. The Balaban J connectivity index is 2.56. The third-order valence-corrected chi connectivity index (χ3v) is 1.96. The summed E-state index contributed by atoms with van der Waals surface area (Å²) >= 11 is 1.36. The molecule has 0 amide bonds. The Labute approximate surface area is 75.9 Å².